The topological polar surface area (TPSA) is 103 Å². The maximum atomic E-state index is 12.6. The summed E-state index contributed by atoms with van der Waals surface area (Å²) in [6.45, 7) is 1.63. The van der Waals surface area contributed by atoms with E-state index in [9.17, 15) is 14.4 Å². The number of hydrogen-bond donors (Lipinski definition) is 2. The van der Waals surface area contributed by atoms with Crippen molar-refractivity contribution in [1.82, 2.24) is 5.32 Å². The minimum atomic E-state index is -0.457. The lowest BCUT2D eigenvalue weighted by Crippen LogP contribution is -2.23. The lowest BCUT2D eigenvalue weighted by Gasteiger charge is -2.11. The minimum Gasteiger partial charge on any atom is -0.493 e. The lowest BCUT2D eigenvalue weighted by molar-refractivity contribution is -0.131. The predicted molar refractivity (Wildman–Crippen MR) is 132 cm³/mol. The molecule has 0 heterocycles. The summed E-state index contributed by atoms with van der Waals surface area (Å²) in [5.41, 5.74) is 2.76. The van der Waals surface area contributed by atoms with Crippen molar-refractivity contribution < 1.29 is 28.6 Å². The van der Waals surface area contributed by atoms with Gasteiger partial charge in [0.05, 0.1) is 14.2 Å². The number of benzene rings is 3. The van der Waals surface area contributed by atoms with Crippen LogP contribution in [0.2, 0.25) is 0 Å². The van der Waals surface area contributed by atoms with Crippen molar-refractivity contribution in [2.45, 2.75) is 26.3 Å². The number of methoxy groups -OCH3 is 2. The van der Waals surface area contributed by atoms with Crippen LogP contribution in [0.5, 0.6) is 17.2 Å². The van der Waals surface area contributed by atoms with Crippen molar-refractivity contribution in [3.05, 3.63) is 83.4 Å². The fourth-order valence-electron chi connectivity index (χ4n) is 3.41. The first-order valence-electron chi connectivity index (χ1n) is 11.0. The smallest absolute Gasteiger partial charge is 0.308 e. The van der Waals surface area contributed by atoms with Crippen molar-refractivity contribution in [2.75, 3.05) is 19.5 Å². The molecule has 3 rings (SSSR count). The summed E-state index contributed by atoms with van der Waals surface area (Å²) in [6.07, 6.45) is 0.888. The molecule has 35 heavy (non-hydrogen) atoms. The van der Waals surface area contributed by atoms with Gasteiger partial charge in [0.25, 0.3) is 5.91 Å². The highest BCUT2D eigenvalue weighted by atomic mass is 16.5. The number of nitrogens with one attached hydrogen (secondary N) is 2. The van der Waals surface area contributed by atoms with E-state index >= 15 is 0 Å². The number of carbonyl (C=O) groups excluding carboxylic acids is 3. The van der Waals surface area contributed by atoms with Crippen LogP contribution in [0.3, 0.4) is 0 Å². The molecule has 0 aliphatic carbocycles. The molecule has 2 amide bonds. The molecule has 0 unspecified atom stereocenters. The van der Waals surface area contributed by atoms with Crippen LogP contribution in [0.1, 0.15) is 34.8 Å². The third-order valence-corrected chi connectivity index (χ3v) is 5.12. The zero-order chi connectivity index (χ0) is 25.2. The van der Waals surface area contributed by atoms with Gasteiger partial charge in [-0.05, 0) is 60.0 Å². The molecule has 0 spiro atoms. The first kappa shape index (κ1) is 25.3. The molecule has 8 heteroatoms. The summed E-state index contributed by atoms with van der Waals surface area (Å²) in [4.78, 5) is 36.1. The molecule has 0 saturated heterocycles. The first-order chi connectivity index (χ1) is 16.9. The van der Waals surface area contributed by atoms with Crippen LogP contribution in [0, 0.1) is 0 Å². The van der Waals surface area contributed by atoms with Gasteiger partial charge in [0.15, 0.2) is 11.5 Å². The molecule has 0 aromatic heterocycles. The van der Waals surface area contributed by atoms with Gasteiger partial charge >= 0.3 is 5.97 Å². The van der Waals surface area contributed by atoms with Gasteiger partial charge < -0.3 is 24.8 Å². The Morgan fingerprint density at radius 1 is 0.829 bits per heavy atom. The normalized spacial score (nSPS) is 10.3. The number of carbonyl (C=O) groups is 3. The second kappa shape index (κ2) is 12.2. The van der Waals surface area contributed by atoms with Crippen LogP contribution >= 0.6 is 0 Å². The number of rotatable bonds is 10. The molecule has 8 nitrogen and oxygen atoms in total. The van der Waals surface area contributed by atoms with Gasteiger partial charge in [0, 0.05) is 31.1 Å². The Balaban J connectivity index is 1.52. The van der Waals surface area contributed by atoms with Gasteiger partial charge in [-0.1, -0.05) is 24.3 Å². The predicted octanol–water partition coefficient (Wildman–Crippen LogP) is 4.13. The van der Waals surface area contributed by atoms with E-state index in [-0.39, 0.29) is 11.8 Å². The molecule has 0 aliphatic rings. The third kappa shape index (κ3) is 7.60. The molecule has 0 saturated carbocycles. The highest BCUT2D eigenvalue weighted by Gasteiger charge is 2.10. The average Bonchev–Trinajstić information content (AvgIpc) is 2.86. The van der Waals surface area contributed by atoms with Gasteiger partial charge in [-0.15, -0.1) is 0 Å². The maximum Gasteiger partial charge on any atom is 0.308 e. The third-order valence-electron chi connectivity index (χ3n) is 5.12. The molecule has 182 valence electrons. The van der Waals surface area contributed by atoms with Crippen LogP contribution in [0.4, 0.5) is 5.69 Å². The Kier molecular flexibility index (Phi) is 8.83. The summed E-state index contributed by atoms with van der Waals surface area (Å²) in [5, 5.41) is 5.72. The van der Waals surface area contributed by atoms with E-state index in [1.165, 1.54) is 13.0 Å². The number of ether oxygens (including phenoxy) is 3. The van der Waals surface area contributed by atoms with Crippen molar-refractivity contribution in [1.29, 1.82) is 0 Å². The largest absolute Gasteiger partial charge is 0.493 e. The van der Waals surface area contributed by atoms with Crippen LogP contribution in [-0.2, 0) is 22.6 Å². The Bertz CT molecular complexity index is 1210. The molecule has 3 aromatic carbocycles. The summed E-state index contributed by atoms with van der Waals surface area (Å²) in [6, 6.07) is 19.2. The van der Waals surface area contributed by atoms with Crippen molar-refractivity contribution in [2.24, 2.45) is 0 Å². The molecule has 0 aliphatic heterocycles. The second-order valence-electron chi connectivity index (χ2n) is 7.74. The second-order valence-corrected chi connectivity index (χ2v) is 7.74. The molecule has 2 N–H and O–H groups in total. The fourth-order valence-corrected chi connectivity index (χ4v) is 3.41. The summed E-state index contributed by atoms with van der Waals surface area (Å²) >= 11 is 0. The number of anilines is 1. The SMILES string of the molecule is COc1ccc(CCC(=O)NCc2cccc(NC(=O)c3cccc(OC(C)=O)c3)c2)cc1OC. The fraction of sp³-hybridized carbons (Fsp3) is 0.222. The van der Waals surface area contributed by atoms with E-state index in [4.69, 9.17) is 14.2 Å². The van der Waals surface area contributed by atoms with Gasteiger partial charge in [-0.25, -0.2) is 0 Å². The molecule has 0 radical (unpaired) electrons. The minimum absolute atomic E-state index is 0.0866. The highest BCUT2D eigenvalue weighted by molar-refractivity contribution is 6.04. The van der Waals surface area contributed by atoms with Crippen LogP contribution in [0.15, 0.2) is 66.7 Å². The number of hydrogen-bond acceptors (Lipinski definition) is 6. The Hall–Kier alpha value is -4.33. The Morgan fingerprint density at radius 3 is 2.34 bits per heavy atom. The summed E-state index contributed by atoms with van der Waals surface area (Å²) < 4.78 is 15.6. The molecular weight excluding hydrogens is 448 g/mol. The van der Waals surface area contributed by atoms with Crippen molar-refractivity contribution in [3.8, 4) is 17.2 Å². The Morgan fingerprint density at radius 2 is 1.60 bits per heavy atom. The first-order valence-corrected chi connectivity index (χ1v) is 11.0. The van der Waals surface area contributed by atoms with E-state index in [2.05, 4.69) is 10.6 Å². The van der Waals surface area contributed by atoms with Crippen molar-refractivity contribution >= 4 is 23.5 Å². The van der Waals surface area contributed by atoms with E-state index in [1.54, 1.807) is 50.6 Å². The average molecular weight is 477 g/mol. The summed E-state index contributed by atoms with van der Waals surface area (Å²) in [5.74, 6) is 0.689. The number of aryl methyl sites for hydroxylation is 1. The van der Waals surface area contributed by atoms with Crippen LogP contribution in [0.25, 0.3) is 0 Å². The van der Waals surface area contributed by atoms with E-state index < -0.39 is 5.97 Å². The molecular formula is C27H28N2O6. The zero-order valence-electron chi connectivity index (χ0n) is 19.9. The van der Waals surface area contributed by atoms with E-state index in [0.717, 1.165) is 11.1 Å². The lowest BCUT2D eigenvalue weighted by atomic mass is 10.1. The van der Waals surface area contributed by atoms with Gasteiger partial charge in [0.1, 0.15) is 5.75 Å². The van der Waals surface area contributed by atoms with E-state index in [1.807, 2.05) is 24.3 Å². The van der Waals surface area contributed by atoms with Crippen LogP contribution < -0.4 is 24.8 Å². The maximum absolute atomic E-state index is 12.6. The van der Waals surface area contributed by atoms with Gasteiger partial charge in [0.2, 0.25) is 5.91 Å². The van der Waals surface area contributed by atoms with Gasteiger partial charge in [-0.2, -0.15) is 0 Å². The molecule has 0 atom stereocenters. The number of esters is 1. The quantitative estimate of drug-likeness (QED) is 0.337. The standard InChI is InChI=1S/C27H28N2O6/c1-18(30)35-23-9-5-7-21(16-23)27(32)29-22-8-4-6-20(14-22)17-28-26(31)13-11-19-10-12-24(33-2)25(15-19)34-3/h4-10,12,14-16H,11,13,17H2,1-3H3,(H,28,31)(H,29,32). The molecule has 3 aromatic rings. The number of amides is 2. The Labute approximate surface area is 204 Å². The monoisotopic (exact) mass is 476 g/mol. The summed E-state index contributed by atoms with van der Waals surface area (Å²) in [7, 11) is 3.15. The molecule has 0 fully saturated rings. The van der Waals surface area contributed by atoms with Crippen molar-refractivity contribution in [3.63, 3.8) is 0 Å². The van der Waals surface area contributed by atoms with Gasteiger partial charge in [-0.3, -0.25) is 14.4 Å². The van der Waals surface area contributed by atoms with E-state index in [0.29, 0.717) is 47.9 Å². The highest BCUT2D eigenvalue weighted by Crippen LogP contribution is 2.28. The van der Waals surface area contributed by atoms with Crippen LogP contribution in [-0.4, -0.2) is 32.0 Å². The molecule has 0 bridgehead atoms. The zero-order valence-corrected chi connectivity index (χ0v) is 19.9.